The second kappa shape index (κ2) is 4.27. The highest BCUT2D eigenvalue weighted by atomic mass is 16.5. The van der Waals surface area contributed by atoms with Gasteiger partial charge >= 0.3 is 0 Å². The summed E-state index contributed by atoms with van der Waals surface area (Å²) in [5.74, 6) is -0.0585. The summed E-state index contributed by atoms with van der Waals surface area (Å²) in [6, 6.07) is 3.51. The maximum Gasteiger partial charge on any atom is 0.257 e. The summed E-state index contributed by atoms with van der Waals surface area (Å²) in [5, 5.41) is 11.3. The zero-order valence-corrected chi connectivity index (χ0v) is 10.9. The molecule has 1 fully saturated rings. The third kappa shape index (κ3) is 2.17. The molecule has 0 atom stereocenters. The maximum absolute atomic E-state index is 12.6. The number of hydrogen-bond donors (Lipinski definition) is 0. The van der Waals surface area contributed by atoms with Crippen molar-refractivity contribution in [2.45, 2.75) is 19.4 Å². The van der Waals surface area contributed by atoms with E-state index in [1.165, 1.54) is 4.52 Å². The third-order valence-corrected chi connectivity index (χ3v) is 3.17. The van der Waals surface area contributed by atoms with Crippen LogP contribution in [-0.4, -0.2) is 56.1 Å². The highest BCUT2D eigenvalue weighted by molar-refractivity contribution is 5.99. The van der Waals surface area contributed by atoms with E-state index in [9.17, 15) is 4.79 Å². The molecular weight excluding hydrogens is 246 g/mol. The number of ether oxygens (including phenoxy) is 1. The molecule has 0 aromatic carbocycles. The topological polar surface area (TPSA) is 72.6 Å². The smallest absolute Gasteiger partial charge is 0.257 e. The first kappa shape index (κ1) is 12.0. The van der Waals surface area contributed by atoms with Gasteiger partial charge < -0.3 is 9.64 Å². The summed E-state index contributed by atoms with van der Waals surface area (Å²) in [4.78, 5) is 14.3. The second-order valence-electron chi connectivity index (χ2n) is 5.20. The number of morpholine rings is 1. The van der Waals surface area contributed by atoms with E-state index in [-0.39, 0.29) is 11.5 Å². The van der Waals surface area contributed by atoms with Gasteiger partial charge in [-0.2, -0.15) is 4.52 Å². The molecule has 7 heteroatoms. The van der Waals surface area contributed by atoms with Crippen molar-refractivity contribution >= 4 is 11.6 Å². The standard InChI is InChI=1S/C12H15N5O2/c1-12(2)8-16(6-7-19-12)11(18)9-4-3-5-17-10(9)13-14-15-17/h3-5H,6-8H2,1-2H3. The van der Waals surface area contributed by atoms with Crippen LogP contribution < -0.4 is 0 Å². The Morgan fingerprint density at radius 1 is 1.47 bits per heavy atom. The minimum absolute atomic E-state index is 0.0585. The van der Waals surface area contributed by atoms with Crippen LogP contribution in [0.2, 0.25) is 0 Å². The zero-order chi connectivity index (χ0) is 13.5. The van der Waals surface area contributed by atoms with Crippen molar-refractivity contribution in [3.8, 4) is 0 Å². The highest BCUT2D eigenvalue weighted by Crippen LogP contribution is 2.19. The Morgan fingerprint density at radius 3 is 3.11 bits per heavy atom. The molecule has 0 N–H and O–H groups in total. The van der Waals surface area contributed by atoms with Crippen LogP contribution in [0.25, 0.3) is 5.65 Å². The highest BCUT2D eigenvalue weighted by Gasteiger charge is 2.31. The third-order valence-electron chi connectivity index (χ3n) is 3.17. The average Bonchev–Trinajstić information content (AvgIpc) is 2.84. The fraction of sp³-hybridized carbons (Fsp3) is 0.500. The number of amides is 1. The van der Waals surface area contributed by atoms with E-state index in [0.717, 1.165) is 0 Å². The van der Waals surface area contributed by atoms with Crippen LogP contribution in [0.3, 0.4) is 0 Å². The van der Waals surface area contributed by atoms with Gasteiger partial charge in [0.25, 0.3) is 5.91 Å². The molecule has 2 aromatic rings. The molecule has 100 valence electrons. The van der Waals surface area contributed by atoms with Gasteiger partial charge in [-0.15, -0.1) is 5.10 Å². The molecule has 3 rings (SSSR count). The molecule has 2 aromatic heterocycles. The summed E-state index contributed by atoms with van der Waals surface area (Å²) in [5.41, 5.74) is 0.687. The Bertz CT molecular complexity index is 621. The normalized spacial score (nSPS) is 18.7. The zero-order valence-electron chi connectivity index (χ0n) is 10.9. The Hall–Kier alpha value is -2.02. The quantitative estimate of drug-likeness (QED) is 0.742. The molecule has 0 radical (unpaired) electrons. The molecule has 0 bridgehead atoms. The van der Waals surface area contributed by atoms with Crippen LogP contribution in [0.1, 0.15) is 24.2 Å². The van der Waals surface area contributed by atoms with E-state index in [1.807, 2.05) is 13.8 Å². The van der Waals surface area contributed by atoms with Gasteiger partial charge in [-0.05, 0) is 36.4 Å². The van der Waals surface area contributed by atoms with E-state index in [4.69, 9.17) is 4.74 Å². The van der Waals surface area contributed by atoms with E-state index < -0.39 is 0 Å². The number of hydrogen-bond acceptors (Lipinski definition) is 5. The van der Waals surface area contributed by atoms with Crippen LogP contribution in [0.4, 0.5) is 0 Å². The van der Waals surface area contributed by atoms with Crippen LogP contribution in [0.5, 0.6) is 0 Å². The van der Waals surface area contributed by atoms with Crippen molar-refractivity contribution in [2.24, 2.45) is 0 Å². The van der Waals surface area contributed by atoms with Gasteiger partial charge in [0.2, 0.25) is 0 Å². The predicted molar refractivity (Wildman–Crippen MR) is 66.7 cm³/mol. The molecule has 0 spiro atoms. The number of rotatable bonds is 1. The molecule has 1 amide bonds. The van der Waals surface area contributed by atoms with Gasteiger partial charge in [-0.1, -0.05) is 0 Å². The SMILES string of the molecule is CC1(C)CN(C(=O)c2cccn3nnnc23)CCO1. The van der Waals surface area contributed by atoms with Crippen molar-refractivity contribution < 1.29 is 9.53 Å². The van der Waals surface area contributed by atoms with Crippen molar-refractivity contribution in [1.29, 1.82) is 0 Å². The van der Waals surface area contributed by atoms with E-state index in [0.29, 0.717) is 30.9 Å². The van der Waals surface area contributed by atoms with Gasteiger partial charge in [-0.3, -0.25) is 4.79 Å². The number of tetrazole rings is 1. The fourth-order valence-electron chi connectivity index (χ4n) is 2.29. The van der Waals surface area contributed by atoms with Gasteiger partial charge in [0.1, 0.15) is 0 Å². The predicted octanol–water partition coefficient (Wildman–Crippen LogP) is 0.375. The van der Waals surface area contributed by atoms with Crippen molar-refractivity contribution in [1.82, 2.24) is 24.9 Å². The fourth-order valence-corrected chi connectivity index (χ4v) is 2.29. The van der Waals surface area contributed by atoms with Gasteiger partial charge in [-0.25, -0.2) is 0 Å². The molecule has 1 saturated heterocycles. The lowest BCUT2D eigenvalue weighted by Gasteiger charge is -2.38. The first-order chi connectivity index (χ1) is 9.07. The van der Waals surface area contributed by atoms with Crippen molar-refractivity contribution in [3.05, 3.63) is 23.9 Å². The average molecular weight is 261 g/mol. The minimum atomic E-state index is -0.315. The molecular formula is C12H15N5O2. The van der Waals surface area contributed by atoms with E-state index in [2.05, 4.69) is 15.5 Å². The molecule has 0 aliphatic carbocycles. The Balaban J connectivity index is 1.93. The second-order valence-corrected chi connectivity index (χ2v) is 5.20. The number of nitrogens with zero attached hydrogens (tertiary/aromatic N) is 5. The number of pyridine rings is 1. The van der Waals surface area contributed by atoms with Gasteiger partial charge in [0, 0.05) is 19.3 Å². The Morgan fingerprint density at radius 2 is 2.32 bits per heavy atom. The Kier molecular flexibility index (Phi) is 2.70. The number of fused-ring (bicyclic) bond motifs is 1. The molecule has 7 nitrogen and oxygen atoms in total. The van der Waals surface area contributed by atoms with Crippen LogP contribution in [-0.2, 0) is 4.74 Å². The van der Waals surface area contributed by atoms with Crippen LogP contribution >= 0.6 is 0 Å². The summed E-state index contributed by atoms with van der Waals surface area (Å²) < 4.78 is 7.11. The lowest BCUT2D eigenvalue weighted by Crippen LogP contribution is -2.50. The van der Waals surface area contributed by atoms with E-state index in [1.54, 1.807) is 23.2 Å². The van der Waals surface area contributed by atoms with Gasteiger partial charge in [0.15, 0.2) is 5.65 Å². The van der Waals surface area contributed by atoms with Crippen molar-refractivity contribution in [2.75, 3.05) is 19.7 Å². The largest absolute Gasteiger partial charge is 0.372 e. The molecule has 19 heavy (non-hydrogen) atoms. The van der Waals surface area contributed by atoms with Gasteiger partial charge in [0.05, 0.1) is 17.8 Å². The summed E-state index contributed by atoms with van der Waals surface area (Å²) >= 11 is 0. The van der Waals surface area contributed by atoms with E-state index >= 15 is 0 Å². The number of carbonyl (C=O) groups excluding carboxylic acids is 1. The first-order valence-corrected chi connectivity index (χ1v) is 6.17. The molecule has 0 unspecified atom stereocenters. The lowest BCUT2D eigenvalue weighted by molar-refractivity contribution is -0.0763. The van der Waals surface area contributed by atoms with Crippen molar-refractivity contribution in [3.63, 3.8) is 0 Å². The lowest BCUT2D eigenvalue weighted by atomic mass is 10.1. The monoisotopic (exact) mass is 261 g/mol. The Labute approximate surface area is 110 Å². The minimum Gasteiger partial charge on any atom is -0.372 e. The van der Waals surface area contributed by atoms with Crippen LogP contribution in [0.15, 0.2) is 18.3 Å². The first-order valence-electron chi connectivity index (χ1n) is 6.17. The maximum atomic E-state index is 12.6. The molecule has 0 saturated carbocycles. The van der Waals surface area contributed by atoms with Crippen LogP contribution in [0, 0.1) is 0 Å². The summed E-state index contributed by atoms with van der Waals surface area (Å²) in [7, 11) is 0. The summed E-state index contributed by atoms with van der Waals surface area (Å²) in [6.07, 6.45) is 1.72. The summed E-state index contributed by atoms with van der Waals surface area (Å²) in [6.45, 7) is 5.66. The molecule has 1 aliphatic heterocycles. The molecule has 1 aliphatic rings. The molecule has 3 heterocycles. The number of carbonyl (C=O) groups is 1. The number of aromatic nitrogens is 4.